The summed E-state index contributed by atoms with van der Waals surface area (Å²) < 4.78 is 39.3. The molecule has 1 fully saturated rings. The maximum atomic E-state index is 13.4. The lowest BCUT2D eigenvalue weighted by Crippen LogP contribution is -2.36. The quantitative estimate of drug-likeness (QED) is 0.785. The molecule has 94 valence electrons. The molecule has 0 heterocycles. The fourth-order valence-corrected chi connectivity index (χ4v) is 2.14. The third kappa shape index (κ3) is 2.72. The molecule has 0 aromatic heterocycles. The van der Waals surface area contributed by atoms with Crippen LogP contribution in [0.2, 0.25) is 0 Å². The zero-order valence-corrected chi connectivity index (χ0v) is 9.22. The van der Waals surface area contributed by atoms with Gasteiger partial charge in [0, 0.05) is 12.1 Å². The number of halogens is 3. The molecule has 0 saturated heterocycles. The molecule has 1 aromatic rings. The maximum absolute atomic E-state index is 13.4. The van der Waals surface area contributed by atoms with Gasteiger partial charge in [-0.1, -0.05) is 12.8 Å². The van der Waals surface area contributed by atoms with Gasteiger partial charge in [-0.25, -0.2) is 13.2 Å². The number of hydrogen-bond donors (Lipinski definition) is 2. The van der Waals surface area contributed by atoms with Gasteiger partial charge in [-0.05, 0) is 12.8 Å². The molecule has 2 rings (SSSR count). The summed E-state index contributed by atoms with van der Waals surface area (Å²) in [5.74, 6) is -3.17. The van der Waals surface area contributed by atoms with E-state index >= 15 is 0 Å². The lowest BCUT2D eigenvalue weighted by atomic mass is 9.92. The molecule has 1 aliphatic rings. The summed E-state index contributed by atoms with van der Waals surface area (Å²) >= 11 is 0. The number of aliphatic hydroxyl groups excluding tert-OH is 1. The highest BCUT2D eigenvalue weighted by atomic mass is 19.2. The minimum Gasteiger partial charge on any atom is -0.391 e. The lowest BCUT2D eigenvalue weighted by molar-refractivity contribution is 0.116. The van der Waals surface area contributed by atoms with Crippen molar-refractivity contribution in [2.45, 2.75) is 37.8 Å². The van der Waals surface area contributed by atoms with Gasteiger partial charge < -0.3 is 10.4 Å². The van der Waals surface area contributed by atoms with Crippen LogP contribution in [0, 0.1) is 17.5 Å². The van der Waals surface area contributed by atoms with Crippen molar-refractivity contribution >= 4 is 5.69 Å². The van der Waals surface area contributed by atoms with Gasteiger partial charge in [0.05, 0.1) is 17.8 Å². The van der Waals surface area contributed by atoms with Gasteiger partial charge in [-0.15, -0.1) is 0 Å². The Bertz CT molecular complexity index is 411. The molecular weight excluding hydrogens is 231 g/mol. The Morgan fingerprint density at radius 3 is 2.53 bits per heavy atom. The van der Waals surface area contributed by atoms with Crippen molar-refractivity contribution < 1.29 is 18.3 Å². The molecule has 1 aliphatic carbocycles. The van der Waals surface area contributed by atoms with Gasteiger partial charge in [0.1, 0.15) is 5.82 Å². The lowest BCUT2D eigenvalue weighted by Gasteiger charge is -2.29. The molecule has 0 amide bonds. The van der Waals surface area contributed by atoms with E-state index in [0.29, 0.717) is 18.9 Å². The summed E-state index contributed by atoms with van der Waals surface area (Å²) in [6.45, 7) is 0. The zero-order chi connectivity index (χ0) is 12.4. The smallest absolute Gasteiger partial charge is 0.182 e. The standard InChI is InChI=1S/C12H14F3NO/c13-7-5-8(14)12(15)10(6-7)16-9-3-1-2-4-11(9)17/h5-6,9,11,16-17H,1-4H2/t9-,11-/m0/s1. The monoisotopic (exact) mass is 245 g/mol. The Morgan fingerprint density at radius 1 is 1.12 bits per heavy atom. The number of aliphatic hydroxyl groups is 1. The highest BCUT2D eigenvalue weighted by Gasteiger charge is 2.24. The highest BCUT2D eigenvalue weighted by molar-refractivity contribution is 5.46. The van der Waals surface area contributed by atoms with Gasteiger partial charge >= 0.3 is 0 Å². The number of benzene rings is 1. The molecule has 0 spiro atoms. The molecule has 2 nitrogen and oxygen atoms in total. The number of anilines is 1. The largest absolute Gasteiger partial charge is 0.391 e. The van der Waals surface area contributed by atoms with Crippen LogP contribution < -0.4 is 5.32 Å². The van der Waals surface area contributed by atoms with Crippen LogP contribution in [0.5, 0.6) is 0 Å². The minimum absolute atomic E-state index is 0.228. The molecule has 2 N–H and O–H groups in total. The summed E-state index contributed by atoms with van der Waals surface area (Å²) in [5, 5.41) is 12.4. The molecule has 2 atom stereocenters. The molecule has 1 aromatic carbocycles. The average Bonchev–Trinajstić information content (AvgIpc) is 2.28. The van der Waals surface area contributed by atoms with Crippen LogP contribution in [0.25, 0.3) is 0 Å². The Kier molecular flexibility index (Phi) is 3.57. The fraction of sp³-hybridized carbons (Fsp3) is 0.500. The summed E-state index contributed by atoms with van der Waals surface area (Å²) in [6, 6.07) is 1.05. The predicted octanol–water partition coefficient (Wildman–Crippen LogP) is 2.82. The van der Waals surface area contributed by atoms with E-state index in [1.54, 1.807) is 0 Å². The second kappa shape index (κ2) is 4.96. The number of rotatable bonds is 2. The van der Waals surface area contributed by atoms with E-state index in [1.807, 2.05) is 0 Å². The molecule has 17 heavy (non-hydrogen) atoms. The molecule has 0 unspecified atom stereocenters. The Labute approximate surface area is 97.5 Å². The van der Waals surface area contributed by atoms with E-state index in [9.17, 15) is 18.3 Å². The van der Waals surface area contributed by atoms with Gasteiger partial charge in [0.15, 0.2) is 11.6 Å². The predicted molar refractivity (Wildman–Crippen MR) is 58.2 cm³/mol. The van der Waals surface area contributed by atoms with Crippen molar-refractivity contribution in [1.29, 1.82) is 0 Å². The van der Waals surface area contributed by atoms with Crippen LogP contribution >= 0.6 is 0 Å². The van der Waals surface area contributed by atoms with Crippen LogP contribution in [0.3, 0.4) is 0 Å². The molecule has 1 saturated carbocycles. The SMILES string of the molecule is O[C@H]1CCCC[C@@H]1Nc1cc(F)cc(F)c1F. The van der Waals surface area contributed by atoms with Gasteiger partial charge in [-0.3, -0.25) is 0 Å². The van der Waals surface area contributed by atoms with E-state index in [4.69, 9.17) is 0 Å². The van der Waals surface area contributed by atoms with Gasteiger partial charge in [0.25, 0.3) is 0 Å². The van der Waals surface area contributed by atoms with Gasteiger partial charge in [0.2, 0.25) is 0 Å². The first kappa shape index (κ1) is 12.2. The first-order valence-corrected chi connectivity index (χ1v) is 5.67. The Balaban J connectivity index is 2.17. The fourth-order valence-electron chi connectivity index (χ4n) is 2.14. The number of hydrogen-bond acceptors (Lipinski definition) is 2. The Morgan fingerprint density at radius 2 is 1.82 bits per heavy atom. The maximum Gasteiger partial charge on any atom is 0.182 e. The first-order valence-electron chi connectivity index (χ1n) is 5.67. The second-order valence-corrected chi connectivity index (χ2v) is 4.35. The second-order valence-electron chi connectivity index (χ2n) is 4.35. The normalized spacial score (nSPS) is 24.7. The summed E-state index contributed by atoms with van der Waals surface area (Å²) in [5.41, 5.74) is -0.228. The van der Waals surface area contributed by atoms with Crippen molar-refractivity contribution in [3.05, 3.63) is 29.6 Å². The average molecular weight is 245 g/mol. The van der Waals surface area contributed by atoms with Crippen molar-refractivity contribution in [3.8, 4) is 0 Å². The first-order chi connectivity index (χ1) is 8.08. The highest BCUT2D eigenvalue weighted by Crippen LogP contribution is 2.25. The van der Waals surface area contributed by atoms with Crippen LogP contribution in [0.4, 0.5) is 18.9 Å². The van der Waals surface area contributed by atoms with Crippen molar-refractivity contribution in [3.63, 3.8) is 0 Å². The Hall–Kier alpha value is -1.23. The number of nitrogens with one attached hydrogen (secondary N) is 1. The molecule has 0 aliphatic heterocycles. The summed E-state index contributed by atoms with van der Waals surface area (Å²) in [4.78, 5) is 0. The third-order valence-corrected chi connectivity index (χ3v) is 3.06. The van der Waals surface area contributed by atoms with Crippen molar-refractivity contribution in [1.82, 2.24) is 0 Å². The summed E-state index contributed by atoms with van der Waals surface area (Å²) in [7, 11) is 0. The van der Waals surface area contributed by atoms with Crippen LogP contribution in [0.15, 0.2) is 12.1 Å². The van der Waals surface area contributed by atoms with E-state index in [1.165, 1.54) is 0 Å². The molecule has 0 bridgehead atoms. The van der Waals surface area contributed by atoms with Crippen LogP contribution in [0.1, 0.15) is 25.7 Å². The van der Waals surface area contributed by atoms with Crippen LogP contribution in [-0.2, 0) is 0 Å². The molecule has 0 radical (unpaired) electrons. The minimum atomic E-state index is -1.22. The van der Waals surface area contributed by atoms with E-state index < -0.39 is 23.6 Å². The van der Waals surface area contributed by atoms with Crippen molar-refractivity contribution in [2.75, 3.05) is 5.32 Å². The molecule has 5 heteroatoms. The zero-order valence-electron chi connectivity index (χ0n) is 9.22. The van der Waals surface area contributed by atoms with Crippen molar-refractivity contribution in [2.24, 2.45) is 0 Å². The van der Waals surface area contributed by atoms with Gasteiger partial charge in [-0.2, -0.15) is 0 Å². The topological polar surface area (TPSA) is 32.3 Å². The van der Waals surface area contributed by atoms with E-state index in [-0.39, 0.29) is 11.7 Å². The summed E-state index contributed by atoms with van der Waals surface area (Å²) in [6.07, 6.45) is 2.51. The third-order valence-electron chi connectivity index (χ3n) is 3.06. The van der Waals surface area contributed by atoms with Crippen LogP contribution in [-0.4, -0.2) is 17.3 Å². The van der Waals surface area contributed by atoms with E-state index in [0.717, 1.165) is 18.9 Å². The molecular formula is C12H14F3NO. The van der Waals surface area contributed by atoms with E-state index in [2.05, 4.69) is 5.32 Å².